The summed E-state index contributed by atoms with van der Waals surface area (Å²) in [6, 6.07) is 21.7. The number of hydrogen-bond acceptors (Lipinski definition) is 5. The van der Waals surface area contributed by atoms with Gasteiger partial charge < -0.3 is 9.47 Å². The van der Waals surface area contributed by atoms with E-state index in [2.05, 4.69) is 6.07 Å². The monoisotopic (exact) mass is 432 g/mol. The average Bonchev–Trinajstić information content (AvgIpc) is 3.08. The van der Waals surface area contributed by atoms with Crippen molar-refractivity contribution in [3.8, 4) is 5.75 Å². The summed E-state index contributed by atoms with van der Waals surface area (Å²) in [6.45, 7) is 3.47. The lowest BCUT2D eigenvalue weighted by Gasteiger charge is -2.14. The summed E-state index contributed by atoms with van der Waals surface area (Å²) in [5.74, 6) is 0.786. The first kappa shape index (κ1) is 21.2. The number of ether oxygens (including phenoxy) is 2. The number of para-hydroxylation sites is 1. The Kier molecular flexibility index (Phi) is 6.70. The van der Waals surface area contributed by atoms with Gasteiger partial charge in [0.1, 0.15) is 5.75 Å². The lowest BCUT2D eigenvalue weighted by atomic mass is 10.0. The summed E-state index contributed by atoms with van der Waals surface area (Å²) in [7, 11) is 1.63. The van der Waals surface area contributed by atoms with Crippen LogP contribution in [-0.2, 0) is 9.53 Å². The molecule has 0 aliphatic carbocycles. The van der Waals surface area contributed by atoms with Crippen molar-refractivity contribution in [2.45, 2.75) is 6.92 Å². The van der Waals surface area contributed by atoms with Crippen molar-refractivity contribution in [1.29, 1.82) is 0 Å². The molecule has 158 valence electrons. The minimum atomic E-state index is -0.0605. The van der Waals surface area contributed by atoms with E-state index in [1.54, 1.807) is 12.0 Å². The Morgan fingerprint density at radius 2 is 1.74 bits per heavy atom. The molecular formula is C25H24N2O3S. The second kappa shape index (κ2) is 9.81. The van der Waals surface area contributed by atoms with E-state index < -0.39 is 0 Å². The second-order valence-electron chi connectivity index (χ2n) is 6.92. The Bertz CT molecular complexity index is 1140. The molecule has 0 atom stereocenters. The van der Waals surface area contributed by atoms with Gasteiger partial charge in [0.15, 0.2) is 5.17 Å². The van der Waals surface area contributed by atoms with Crippen molar-refractivity contribution < 1.29 is 14.3 Å². The normalized spacial score (nSPS) is 16.6. The van der Waals surface area contributed by atoms with E-state index in [4.69, 9.17) is 14.5 Å². The Hall–Kier alpha value is -3.09. The van der Waals surface area contributed by atoms with E-state index in [-0.39, 0.29) is 5.91 Å². The van der Waals surface area contributed by atoms with Gasteiger partial charge in [-0.1, -0.05) is 48.5 Å². The number of nitrogens with zero attached hydrogens (tertiary/aromatic N) is 2. The van der Waals surface area contributed by atoms with Crippen LogP contribution in [0.3, 0.4) is 0 Å². The molecule has 5 nitrogen and oxygen atoms in total. The molecule has 1 heterocycles. The van der Waals surface area contributed by atoms with Crippen molar-refractivity contribution in [2.24, 2.45) is 4.99 Å². The molecule has 0 radical (unpaired) electrons. The number of aliphatic imine (C=N–C) groups is 1. The zero-order valence-electron chi connectivity index (χ0n) is 17.6. The predicted molar refractivity (Wildman–Crippen MR) is 128 cm³/mol. The fourth-order valence-electron chi connectivity index (χ4n) is 3.43. The lowest BCUT2D eigenvalue weighted by molar-refractivity contribution is -0.122. The predicted octanol–water partition coefficient (Wildman–Crippen LogP) is 5.49. The van der Waals surface area contributed by atoms with E-state index in [0.717, 1.165) is 27.8 Å². The molecule has 0 aromatic heterocycles. The molecule has 1 saturated heterocycles. The molecule has 6 heteroatoms. The zero-order valence-corrected chi connectivity index (χ0v) is 18.4. The largest absolute Gasteiger partial charge is 0.493 e. The number of carbonyl (C=O) groups is 1. The van der Waals surface area contributed by atoms with Gasteiger partial charge in [0.2, 0.25) is 0 Å². The van der Waals surface area contributed by atoms with Gasteiger partial charge in [-0.25, -0.2) is 4.99 Å². The van der Waals surface area contributed by atoms with Gasteiger partial charge in [0.25, 0.3) is 5.91 Å². The highest BCUT2D eigenvalue weighted by molar-refractivity contribution is 8.18. The van der Waals surface area contributed by atoms with E-state index in [9.17, 15) is 4.79 Å². The fourth-order valence-corrected chi connectivity index (χ4v) is 4.44. The number of rotatable bonds is 7. The highest BCUT2D eigenvalue weighted by Crippen LogP contribution is 2.36. The number of fused-ring (bicyclic) bond motifs is 1. The number of methoxy groups -OCH3 is 1. The van der Waals surface area contributed by atoms with Gasteiger partial charge in [-0.05, 0) is 53.9 Å². The van der Waals surface area contributed by atoms with Crippen LogP contribution in [0.15, 0.2) is 76.6 Å². The molecule has 3 aromatic carbocycles. The lowest BCUT2D eigenvalue weighted by Crippen LogP contribution is -2.32. The van der Waals surface area contributed by atoms with Crippen LogP contribution in [-0.4, -0.2) is 42.8 Å². The molecule has 1 fully saturated rings. The molecule has 0 N–H and O–H groups in total. The van der Waals surface area contributed by atoms with Crippen molar-refractivity contribution in [3.63, 3.8) is 0 Å². The summed E-state index contributed by atoms with van der Waals surface area (Å²) in [5, 5.41) is 2.74. The maximum Gasteiger partial charge on any atom is 0.266 e. The van der Waals surface area contributed by atoms with Crippen LogP contribution in [0.1, 0.15) is 12.5 Å². The summed E-state index contributed by atoms with van der Waals surface area (Å²) in [5.41, 5.74) is 1.79. The standard InChI is InChI=1S/C25H24N2O3S/c1-3-30-22-14-13-18(20-11-7-8-12-21(20)22)17-23-24(28)27(15-16-29-2)25(31-23)26-19-9-5-4-6-10-19/h4-14,17H,3,15-16H2,1-2H3/b23-17+,26-25?. The second-order valence-corrected chi connectivity index (χ2v) is 7.93. The molecule has 0 saturated carbocycles. The smallest absolute Gasteiger partial charge is 0.266 e. The number of benzene rings is 3. The van der Waals surface area contributed by atoms with E-state index in [1.165, 1.54) is 11.8 Å². The number of amides is 1. The van der Waals surface area contributed by atoms with Crippen LogP contribution in [0.2, 0.25) is 0 Å². The SMILES string of the molecule is CCOc1ccc(/C=C2/SC(=Nc3ccccc3)N(CCOC)C2=O)c2ccccc12. The maximum atomic E-state index is 13.2. The van der Waals surface area contributed by atoms with Crippen molar-refractivity contribution in [1.82, 2.24) is 4.90 Å². The van der Waals surface area contributed by atoms with E-state index in [1.807, 2.05) is 73.7 Å². The Morgan fingerprint density at radius 3 is 2.48 bits per heavy atom. The van der Waals surface area contributed by atoms with E-state index >= 15 is 0 Å². The van der Waals surface area contributed by atoms with Gasteiger partial charge in [0, 0.05) is 12.5 Å². The van der Waals surface area contributed by atoms with E-state index in [0.29, 0.717) is 29.8 Å². The summed E-state index contributed by atoms with van der Waals surface area (Å²) < 4.78 is 11.0. The number of amidine groups is 1. The molecule has 0 unspecified atom stereocenters. The maximum absolute atomic E-state index is 13.2. The Labute approximate surface area is 186 Å². The number of carbonyl (C=O) groups excluding carboxylic acids is 1. The molecule has 1 amide bonds. The van der Waals surface area contributed by atoms with Crippen molar-refractivity contribution in [3.05, 3.63) is 77.2 Å². The Balaban J connectivity index is 1.73. The minimum absolute atomic E-state index is 0.0605. The highest BCUT2D eigenvalue weighted by atomic mass is 32.2. The summed E-state index contributed by atoms with van der Waals surface area (Å²) in [4.78, 5) is 20.2. The Morgan fingerprint density at radius 1 is 1.00 bits per heavy atom. The van der Waals surface area contributed by atoms with Gasteiger partial charge in [-0.15, -0.1) is 0 Å². The molecule has 0 spiro atoms. The third-order valence-electron chi connectivity index (χ3n) is 4.89. The van der Waals surface area contributed by atoms with Gasteiger partial charge in [-0.2, -0.15) is 0 Å². The topological polar surface area (TPSA) is 51.1 Å². The van der Waals surface area contributed by atoms with Crippen LogP contribution in [0, 0.1) is 0 Å². The molecule has 3 aromatic rings. The van der Waals surface area contributed by atoms with Gasteiger partial charge in [0.05, 0.1) is 30.4 Å². The molecule has 1 aliphatic rings. The summed E-state index contributed by atoms with van der Waals surface area (Å²) in [6.07, 6.45) is 1.94. The third kappa shape index (κ3) is 4.65. The van der Waals surface area contributed by atoms with Crippen molar-refractivity contribution >= 4 is 45.4 Å². The molecule has 1 aliphatic heterocycles. The van der Waals surface area contributed by atoms with Crippen molar-refractivity contribution in [2.75, 3.05) is 26.9 Å². The first-order valence-electron chi connectivity index (χ1n) is 10.2. The first-order chi connectivity index (χ1) is 15.2. The zero-order chi connectivity index (χ0) is 21.6. The molecule has 0 bridgehead atoms. The van der Waals surface area contributed by atoms with Crippen LogP contribution in [0.5, 0.6) is 5.75 Å². The number of hydrogen-bond donors (Lipinski definition) is 0. The average molecular weight is 433 g/mol. The number of thioether (sulfide) groups is 1. The third-order valence-corrected chi connectivity index (χ3v) is 5.90. The highest BCUT2D eigenvalue weighted by Gasteiger charge is 2.33. The fraction of sp³-hybridized carbons (Fsp3) is 0.200. The quantitative estimate of drug-likeness (QED) is 0.463. The van der Waals surface area contributed by atoms with Gasteiger partial charge >= 0.3 is 0 Å². The van der Waals surface area contributed by atoms with Gasteiger partial charge in [-0.3, -0.25) is 9.69 Å². The minimum Gasteiger partial charge on any atom is -0.493 e. The first-order valence-corrected chi connectivity index (χ1v) is 11.0. The van der Waals surface area contributed by atoms with Crippen LogP contribution >= 0.6 is 11.8 Å². The molecular weight excluding hydrogens is 408 g/mol. The molecule has 31 heavy (non-hydrogen) atoms. The van der Waals surface area contributed by atoms with Crippen LogP contribution in [0.25, 0.3) is 16.8 Å². The summed E-state index contributed by atoms with van der Waals surface area (Å²) >= 11 is 1.39. The van der Waals surface area contributed by atoms with Crippen LogP contribution in [0.4, 0.5) is 5.69 Å². The van der Waals surface area contributed by atoms with Crippen LogP contribution < -0.4 is 4.74 Å². The molecule has 4 rings (SSSR count).